The number of fused-ring (bicyclic) bond motifs is 5. The van der Waals surface area contributed by atoms with Crippen LogP contribution in [0.5, 0.6) is 0 Å². The molecule has 0 radical (unpaired) electrons. The van der Waals surface area contributed by atoms with Crippen LogP contribution in [-0.4, -0.2) is 15.0 Å². The Hall–Kier alpha value is -6.19. The quantitative estimate of drug-likeness (QED) is 0.191. The van der Waals surface area contributed by atoms with Crippen LogP contribution in [0, 0.1) is 0 Å². The van der Waals surface area contributed by atoms with Crippen LogP contribution in [-0.2, 0) is 5.41 Å². The molecule has 0 aliphatic heterocycles. The number of rotatable bonds is 5. The Morgan fingerprint density at radius 1 is 0.449 bits per heavy atom. The Labute approximate surface area is 286 Å². The van der Waals surface area contributed by atoms with E-state index in [1.807, 2.05) is 24.4 Å². The van der Waals surface area contributed by atoms with E-state index in [4.69, 9.17) is 9.97 Å². The van der Waals surface area contributed by atoms with Crippen molar-refractivity contribution in [3.05, 3.63) is 175 Å². The summed E-state index contributed by atoms with van der Waals surface area (Å²) in [5.41, 5.74) is 14.8. The van der Waals surface area contributed by atoms with E-state index >= 15 is 0 Å². The van der Waals surface area contributed by atoms with Crippen LogP contribution in [0.1, 0.15) is 25.0 Å². The van der Waals surface area contributed by atoms with Crippen LogP contribution in [0.3, 0.4) is 0 Å². The molecule has 0 bridgehead atoms. The highest BCUT2D eigenvalue weighted by Gasteiger charge is 2.36. The molecule has 2 heterocycles. The Morgan fingerprint density at radius 2 is 1.10 bits per heavy atom. The van der Waals surface area contributed by atoms with Gasteiger partial charge in [0.25, 0.3) is 0 Å². The second-order valence-corrected chi connectivity index (χ2v) is 13.3. The molecule has 8 aromatic rings. The van der Waals surface area contributed by atoms with E-state index < -0.39 is 0 Å². The minimum absolute atomic E-state index is 0.0643. The van der Waals surface area contributed by atoms with Crippen molar-refractivity contribution in [1.29, 1.82) is 0 Å². The third-order valence-corrected chi connectivity index (χ3v) is 9.96. The second-order valence-electron chi connectivity index (χ2n) is 13.3. The molecule has 1 aliphatic carbocycles. The van der Waals surface area contributed by atoms with Gasteiger partial charge in [-0.05, 0) is 85.6 Å². The van der Waals surface area contributed by atoms with E-state index in [9.17, 15) is 0 Å². The Morgan fingerprint density at radius 3 is 1.92 bits per heavy atom. The van der Waals surface area contributed by atoms with Gasteiger partial charge in [-0.2, -0.15) is 0 Å². The Bertz CT molecular complexity index is 2500. The summed E-state index contributed by atoms with van der Waals surface area (Å²) in [5.74, 6) is 0.686. The van der Waals surface area contributed by atoms with Crippen LogP contribution in [0.4, 0.5) is 0 Å². The minimum atomic E-state index is -0.0643. The van der Waals surface area contributed by atoms with Crippen LogP contribution in [0.15, 0.2) is 164 Å². The smallest absolute Gasteiger partial charge is 0.160 e. The third-order valence-electron chi connectivity index (χ3n) is 9.96. The zero-order chi connectivity index (χ0) is 33.0. The standard InChI is InChI=1S/C46H33N3/c1-46(2)41-24-22-35(27-40(41)39-23-21-32-12-6-7-16-38(32)44(39)46)31-17-19-33(20-18-31)42-28-43(37-15-9-25-47-29-37)49-45(48-42)36-14-8-13-34(26-36)30-10-4-3-5-11-30/h3-29H,1-2H3. The van der Waals surface area contributed by atoms with Crippen molar-refractivity contribution in [1.82, 2.24) is 15.0 Å². The topological polar surface area (TPSA) is 38.7 Å². The molecule has 0 saturated carbocycles. The molecule has 0 unspecified atom stereocenters. The van der Waals surface area contributed by atoms with Crippen molar-refractivity contribution in [2.24, 2.45) is 0 Å². The molecule has 49 heavy (non-hydrogen) atoms. The molecule has 3 heteroatoms. The van der Waals surface area contributed by atoms with Gasteiger partial charge in [0.2, 0.25) is 0 Å². The summed E-state index contributed by atoms with van der Waals surface area (Å²) < 4.78 is 0. The normalized spacial score (nSPS) is 12.9. The number of aromatic nitrogens is 3. The molecule has 0 fully saturated rings. The van der Waals surface area contributed by atoms with Gasteiger partial charge in [0.15, 0.2) is 5.82 Å². The number of hydrogen-bond acceptors (Lipinski definition) is 3. The highest BCUT2D eigenvalue weighted by atomic mass is 14.9. The van der Waals surface area contributed by atoms with Crippen molar-refractivity contribution in [2.45, 2.75) is 19.3 Å². The summed E-state index contributed by atoms with van der Waals surface area (Å²) in [5, 5.41) is 2.63. The number of benzene rings is 6. The number of hydrogen-bond donors (Lipinski definition) is 0. The van der Waals surface area contributed by atoms with E-state index in [1.54, 1.807) is 6.20 Å². The maximum Gasteiger partial charge on any atom is 0.160 e. The molecule has 9 rings (SSSR count). The average Bonchev–Trinajstić information content (AvgIpc) is 3.41. The summed E-state index contributed by atoms with van der Waals surface area (Å²) >= 11 is 0. The fraction of sp³-hybridized carbons (Fsp3) is 0.0652. The Balaban J connectivity index is 1.10. The first kappa shape index (κ1) is 29.0. The number of pyridine rings is 1. The minimum Gasteiger partial charge on any atom is -0.264 e. The molecule has 0 N–H and O–H groups in total. The summed E-state index contributed by atoms with van der Waals surface area (Å²) in [7, 11) is 0. The highest BCUT2D eigenvalue weighted by Crippen LogP contribution is 2.52. The summed E-state index contributed by atoms with van der Waals surface area (Å²) in [4.78, 5) is 14.5. The van der Waals surface area contributed by atoms with Gasteiger partial charge < -0.3 is 0 Å². The van der Waals surface area contributed by atoms with Gasteiger partial charge in [-0.1, -0.05) is 135 Å². The molecule has 2 aromatic heterocycles. The van der Waals surface area contributed by atoms with Crippen molar-refractivity contribution < 1.29 is 0 Å². The van der Waals surface area contributed by atoms with Crippen LogP contribution in [0.25, 0.3) is 78.1 Å². The van der Waals surface area contributed by atoms with Gasteiger partial charge in [0.05, 0.1) is 11.4 Å². The van der Waals surface area contributed by atoms with Crippen molar-refractivity contribution >= 4 is 10.8 Å². The lowest BCUT2D eigenvalue weighted by Gasteiger charge is -2.23. The van der Waals surface area contributed by atoms with Gasteiger partial charge in [-0.25, -0.2) is 9.97 Å². The molecule has 1 aliphatic rings. The highest BCUT2D eigenvalue weighted by molar-refractivity contribution is 5.98. The van der Waals surface area contributed by atoms with Crippen LogP contribution in [0.2, 0.25) is 0 Å². The molecule has 0 atom stereocenters. The van der Waals surface area contributed by atoms with Gasteiger partial charge >= 0.3 is 0 Å². The lowest BCUT2D eigenvalue weighted by molar-refractivity contribution is 0.666. The van der Waals surface area contributed by atoms with Gasteiger partial charge in [0, 0.05) is 34.5 Å². The molecule has 0 saturated heterocycles. The summed E-state index contributed by atoms with van der Waals surface area (Å²) in [6, 6.07) is 54.0. The summed E-state index contributed by atoms with van der Waals surface area (Å²) in [6.45, 7) is 4.71. The lowest BCUT2D eigenvalue weighted by Crippen LogP contribution is -2.15. The van der Waals surface area contributed by atoms with Gasteiger partial charge in [-0.3, -0.25) is 4.98 Å². The largest absolute Gasteiger partial charge is 0.264 e. The maximum atomic E-state index is 5.12. The van der Waals surface area contributed by atoms with Crippen molar-refractivity contribution in [3.63, 3.8) is 0 Å². The first-order chi connectivity index (χ1) is 24.0. The second kappa shape index (κ2) is 11.5. The Kier molecular flexibility index (Phi) is 6.80. The molecule has 3 nitrogen and oxygen atoms in total. The third kappa shape index (κ3) is 5.03. The van der Waals surface area contributed by atoms with E-state index in [-0.39, 0.29) is 5.41 Å². The first-order valence-electron chi connectivity index (χ1n) is 16.8. The fourth-order valence-corrected chi connectivity index (χ4v) is 7.48. The molecule has 0 spiro atoms. The van der Waals surface area contributed by atoms with E-state index in [0.29, 0.717) is 5.82 Å². The van der Waals surface area contributed by atoms with Gasteiger partial charge in [0.1, 0.15) is 0 Å². The monoisotopic (exact) mass is 627 g/mol. The zero-order valence-corrected chi connectivity index (χ0v) is 27.4. The summed E-state index contributed by atoms with van der Waals surface area (Å²) in [6.07, 6.45) is 3.64. The molecule has 0 amide bonds. The van der Waals surface area contributed by atoms with Gasteiger partial charge in [-0.15, -0.1) is 0 Å². The molecule has 232 valence electrons. The van der Waals surface area contributed by atoms with Crippen LogP contribution < -0.4 is 0 Å². The zero-order valence-electron chi connectivity index (χ0n) is 27.4. The predicted octanol–water partition coefficient (Wildman–Crippen LogP) is 11.7. The van der Waals surface area contributed by atoms with E-state index in [0.717, 1.165) is 39.2 Å². The maximum absolute atomic E-state index is 5.12. The fourth-order valence-electron chi connectivity index (χ4n) is 7.48. The molecular weight excluding hydrogens is 595 g/mol. The van der Waals surface area contributed by atoms with E-state index in [1.165, 1.54) is 44.2 Å². The molecular formula is C46H33N3. The van der Waals surface area contributed by atoms with E-state index in [2.05, 4.69) is 152 Å². The van der Waals surface area contributed by atoms with Crippen molar-refractivity contribution in [3.8, 4) is 67.3 Å². The lowest BCUT2D eigenvalue weighted by atomic mass is 9.80. The average molecular weight is 628 g/mol. The molecule has 6 aromatic carbocycles. The number of nitrogens with zero attached hydrogens (tertiary/aromatic N) is 3. The predicted molar refractivity (Wildman–Crippen MR) is 202 cm³/mol. The van der Waals surface area contributed by atoms with Crippen molar-refractivity contribution in [2.75, 3.05) is 0 Å². The van der Waals surface area contributed by atoms with Crippen LogP contribution >= 0.6 is 0 Å². The first-order valence-corrected chi connectivity index (χ1v) is 16.8. The SMILES string of the molecule is CC1(C)c2ccc(-c3ccc(-c4cc(-c5cccnc5)nc(-c5cccc(-c6ccccc6)c5)n4)cc3)cc2-c2ccc3ccccc3c21.